The fraction of sp³-hybridized carbons (Fsp3) is 0.400. The van der Waals surface area contributed by atoms with Crippen LogP contribution in [0, 0.1) is 15.3 Å². The lowest BCUT2D eigenvalue weighted by Crippen LogP contribution is -2.43. The van der Waals surface area contributed by atoms with Crippen molar-refractivity contribution in [2.45, 2.75) is 0 Å². The molecule has 3 rings (SSSR count). The summed E-state index contributed by atoms with van der Waals surface area (Å²) in [7, 11) is 0. The van der Waals surface area contributed by atoms with Crippen molar-refractivity contribution in [3.05, 3.63) is 27.5 Å². The molecule has 1 saturated heterocycles. The number of hydrogen-bond acceptors (Lipinski definition) is 7. The molecule has 9 nitrogen and oxygen atoms in total. The standard InChI is InChI=1S/C10H11N5O4/c16-14(17)8-2-1-7(13-5-3-11-4-6-13)9-10(8)15(18)19-12-9/h1-2,11H,3-6H2. The number of nitrogens with zero attached hydrogens (tertiary/aromatic N) is 4. The van der Waals surface area contributed by atoms with Crippen molar-refractivity contribution in [2.75, 3.05) is 31.1 Å². The largest absolute Gasteiger partial charge is 0.365 e. The Balaban J connectivity index is 2.16. The van der Waals surface area contributed by atoms with Gasteiger partial charge in [0, 0.05) is 37.4 Å². The molecule has 0 unspecified atom stereocenters. The second-order valence-corrected chi connectivity index (χ2v) is 4.23. The Morgan fingerprint density at radius 3 is 2.84 bits per heavy atom. The van der Waals surface area contributed by atoms with Crippen LogP contribution in [0.15, 0.2) is 16.8 Å². The molecule has 0 amide bonds. The van der Waals surface area contributed by atoms with E-state index in [0.29, 0.717) is 5.69 Å². The van der Waals surface area contributed by atoms with Gasteiger partial charge in [-0.2, -0.15) is 0 Å². The number of aromatic nitrogens is 2. The van der Waals surface area contributed by atoms with Crippen molar-refractivity contribution in [3.8, 4) is 0 Å². The Labute approximate surface area is 107 Å². The average molecular weight is 265 g/mol. The van der Waals surface area contributed by atoms with Gasteiger partial charge in [0.25, 0.3) is 5.52 Å². The van der Waals surface area contributed by atoms with Crippen LogP contribution in [0.3, 0.4) is 0 Å². The summed E-state index contributed by atoms with van der Waals surface area (Å²) in [5, 5.41) is 29.3. The van der Waals surface area contributed by atoms with Crippen LogP contribution in [0.1, 0.15) is 0 Å². The maximum atomic E-state index is 11.5. The van der Waals surface area contributed by atoms with Gasteiger partial charge in [-0.05, 0) is 11.0 Å². The van der Waals surface area contributed by atoms with E-state index in [4.69, 9.17) is 0 Å². The van der Waals surface area contributed by atoms with Gasteiger partial charge in [-0.1, -0.05) is 0 Å². The highest BCUT2D eigenvalue weighted by molar-refractivity contribution is 5.92. The van der Waals surface area contributed by atoms with E-state index < -0.39 is 4.92 Å². The van der Waals surface area contributed by atoms with Gasteiger partial charge in [-0.15, -0.1) is 0 Å². The zero-order valence-electron chi connectivity index (χ0n) is 9.90. The Morgan fingerprint density at radius 1 is 1.42 bits per heavy atom. The van der Waals surface area contributed by atoms with Gasteiger partial charge in [0.2, 0.25) is 0 Å². The Hall–Kier alpha value is -2.42. The highest BCUT2D eigenvalue weighted by Crippen LogP contribution is 2.30. The first-order valence-electron chi connectivity index (χ1n) is 5.81. The third-order valence-corrected chi connectivity index (χ3v) is 3.15. The van der Waals surface area contributed by atoms with E-state index in [2.05, 4.69) is 15.1 Å². The molecule has 2 heterocycles. The third-order valence-electron chi connectivity index (χ3n) is 3.15. The molecule has 0 atom stereocenters. The number of piperazine rings is 1. The molecule has 9 heteroatoms. The van der Waals surface area contributed by atoms with Crippen LogP contribution in [0.2, 0.25) is 0 Å². The number of rotatable bonds is 2. The number of anilines is 1. The molecule has 1 aromatic heterocycles. The highest BCUT2D eigenvalue weighted by Gasteiger charge is 2.28. The lowest BCUT2D eigenvalue weighted by atomic mass is 10.2. The van der Waals surface area contributed by atoms with Crippen LogP contribution >= 0.6 is 0 Å². The summed E-state index contributed by atoms with van der Waals surface area (Å²) in [6.07, 6.45) is 0. The minimum atomic E-state index is -0.616. The van der Waals surface area contributed by atoms with Crippen LogP contribution in [0.5, 0.6) is 0 Å². The Bertz CT molecular complexity index is 634. The summed E-state index contributed by atoms with van der Waals surface area (Å²) < 4.78 is 4.50. The summed E-state index contributed by atoms with van der Waals surface area (Å²) in [4.78, 5) is 12.4. The van der Waals surface area contributed by atoms with Gasteiger partial charge >= 0.3 is 11.2 Å². The number of non-ortho nitro benzene ring substituents is 1. The first-order chi connectivity index (χ1) is 9.18. The third kappa shape index (κ3) is 1.83. The smallest absolute Gasteiger partial charge is 0.324 e. The number of nitro benzene ring substituents is 1. The fourth-order valence-corrected chi connectivity index (χ4v) is 2.26. The first kappa shape index (κ1) is 11.7. The zero-order chi connectivity index (χ0) is 13.4. The molecule has 1 fully saturated rings. The average Bonchev–Trinajstić information content (AvgIpc) is 2.81. The van der Waals surface area contributed by atoms with E-state index in [1.807, 2.05) is 4.90 Å². The van der Waals surface area contributed by atoms with E-state index in [1.54, 1.807) is 6.07 Å². The molecule has 0 spiro atoms. The van der Waals surface area contributed by atoms with Crippen LogP contribution < -0.4 is 15.1 Å². The predicted octanol–water partition coefficient (Wildman–Crippen LogP) is -0.221. The number of fused-ring (bicyclic) bond motifs is 1. The topological polar surface area (TPSA) is 111 Å². The van der Waals surface area contributed by atoms with E-state index in [-0.39, 0.29) is 21.6 Å². The Morgan fingerprint density at radius 2 is 2.16 bits per heavy atom. The summed E-state index contributed by atoms with van der Waals surface area (Å²) in [5.41, 5.74) is 0.470. The van der Waals surface area contributed by atoms with Gasteiger partial charge in [0.1, 0.15) is 0 Å². The SMILES string of the molecule is O=[N+]([O-])c1ccc(N2CCNCC2)c2no[n+]([O-])c12. The molecule has 1 aromatic carbocycles. The number of hydrogen-bond donors (Lipinski definition) is 1. The maximum absolute atomic E-state index is 11.5. The van der Waals surface area contributed by atoms with E-state index in [9.17, 15) is 15.3 Å². The fourth-order valence-electron chi connectivity index (χ4n) is 2.26. The number of benzene rings is 1. The van der Waals surface area contributed by atoms with Crippen molar-refractivity contribution in [3.63, 3.8) is 0 Å². The summed E-state index contributed by atoms with van der Waals surface area (Å²) in [5.74, 6) is 0. The van der Waals surface area contributed by atoms with Crippen molar-refractivity contribution in [1.82, 2.24) is 10.5 Å². The van der Waals surface area contributed by atoms with Crippen LogP contribution in [-0.4, -0.2) is 36.3 Å². The quantitative estimate of drug-likeness (QED) is 0.453. The maximum Gasteiger partial charge on any atom is 0.324 e. The molecular formula is C10H11N5O4. The van der Waals surface area contributed by atoms with E-state index >= 15 is 0 Å². The molecule has 1 aliphatic rings. The Kier molecular flexibility index (Phi) is 2.67. The first-order valence-corrected chi connectivity index (χ1v) is 5.81. The summed E-state index contributed by atoms with van der Waals surface area (Å²) in [6, 6.07) is 2.92. The molecule has 0 radical (unpaired) electrons. The van der Waals surface area contributed by atoms with Crippen molar-refractivity contribution in [2.24, 2.45) is 0 Å². The highest BCUT2D eigenvalue weighted by atomic mass is 16.8. The van der Waals surface area contributed by atoms with E-state index in [0.717, 1.165) is 26.2 Å². The lowest BCUT2D eigenvalue weighted by molar-refractivity contribution is -0.783. The van der Waals surface area contributed by atoms with Crippen LogP contribution in [0.25, 0.3) is 11.0 Å². The molecular weight excluding hydrogens is 254 g/mol. The van der Waals surface area contributed by atoms with Gasteiger partial charge in [0.05, 0.1) is 10.6 Å². The molecule has 1 N–H and O–H groups in total. The molecule has 2 aromatic rings. The second-order valence-electron chi connectivity index (χ2n) is 4.23. The van der Waals surface area contributed by atoms with Gasteiger partial charge in [-0.25, -0.2) is 0 Å². The molecule has 100 valence electrons. The van der Waals surface area contributed by atoms with E-state index in [1.165, 1.54) is 6.07 Å². The predicted molar refractivity (Wildman–Crippen MR) is 64.7 cm³/mol. The van der Waals surface area contributed by atoms with Gasteiger partial charge in [-0.3, -0.25) is 14.7 Å². The number of nitro groups is 1. The zero-order valence-corrected chi connectivity index (χ0v) is 9.90. The van der Waals surface area contributed by atoms with Crippen molar-refractivity contribution in [1.29, 1.82) is 0 Å². The number of nitrogens with one attached hydrogen (secondary N) is 1. The normalized spacial score (nSPS) is 15.9. The van der Waals surface area contributed by atoms with Gasteiger partial charge < -0.3 is 15.4 Å². The summed E-state index contributed by atoms with van der Waals surface area (Å²) in [6.45, 7) is 3.12. The van der Waals surface area contributed by atoms with Crippen LogP contribution in [-0.2, 0) is 0 Å². The monoisotopic (exact) mass is 265 g/mol. The molecule has 19 heavy (non-hydrogen) atoms. The minimum absolute atomic E-state index is 0.0825. The van der Waals surface area contributed by atoms with Crippen molar-refractivity contribution >= 4 is 22.4 Å². The van der Waals surface area contributed by atoms with Crippen molar-refractivity contribution < 1.29 is 14.5 Å². The molecule has 0 aliphatic carbocycles. The van der Waals surface area contributed by atoms with Crippen LogP contribution in [0.4, 0.5) is 11.4 Å². The minimum Gasteiger partial charge on any atom is -0.365 e. The molecule has 0 bridgehead atoms. The molecule has 1 aliphatic heterocycles. The van der Waals surface area contributed by atoms with Gasteiger partial charge in [0.15, 0.2) is 0 Å². The molecule has 0 saturated carbocycles. The second kappa shape index (κ2) is 4.35. The lowest BCUT2D eigenvalue weighted by Gasteiger charge is -2.28. The summed E-state index contributed by atoms with van der Waals surface area (Å²) >= 11 is 0.